The van der Waals surface area contributed by atoms with Crippen LogP contribution in [0.4, 0.5) is 5.82 Å². The quantitative estimate of drug-likeness (QED) is 0.636. The minimum absolute atomic E-state index is 0.132. The molecule has 6 heteroatoms. The number of benzene rings is 1. The minimum atomic E-state index is 0.132. The minimum Gasteiger partial charge on any atom is -0.354 e. The molecule has 0 bridgehead atoms. The number of likely N-dealkylation sites (N-methyl/N-ethyl adjacent to an activating group) is 1. The summed E-state index contributed by atoms with van der Waals surface area (Å²) >= 11 is 0. The molecule has 166 valence electrons. The van der Waals surface area contributed by atoms with Crippen molar-refractivity contribution in [3.05, 3.63) is 66.0 Å². The summed E-state index contributed by atoms with van der Waals surface area (Å²) in [7, 11) is 2.14. The van der Waals surface area contributed by atoms with Gasteiger partial charge in [-0.05, 0) is 56.0 Å². The second-order valence-corrected chi connectivity index (χ2v) is 9.12. The van der Waals surface area contributed by atoms with Crippen molar-refractivity contribution >= 4 is 22.6 Å². The normalized spacial score (nSPS) is 18.3. The summed E-state index contributed by atoms with van der Waals surface area (Å²) in [6.07, 6.45) is 6.75. The maximum Gasteiger partial charge on any atom is 0.254 e. The van der Waals surface area contributed by atoms with Crippen molar-refractivity contribution in [3.63, 3.8) is 0 Å². The molecule has 1 amide bonds. The Balaban J connectivity index is 1.21. The molecule has 1 aromatic carbocycles. The fourth-order valence-corrected chi connectivity index (χ4v) is 4.93. The molecule has 32 heavy (non-hydrogen) atoms. The highest BCUT2D eigenvalue weighted by Gasteiger charge is 2.25. The van der Waals surface area contributed by atoms with Crippen LogP contribution < -0.4 is 4.90 Å². The van der Waals surface area contributed by atoms with Crippen LogP contribution in [-0.4, -0.2) is 72.0 Å². The third kappa shape index (κ3) is 4.46. The summed E-state index contributed by atoms with van der Waals surface area (Å²) in [4.78, 5) is 28.9. The third-order valence-electron chi connectivity index (χ3n) is 6.95. The molecule has 0 spiro atoms. The Bertz CT molecular complexity index is 1080. The van der Waals surface area contributed by atoms with Crippen LogP contribution in [0, 0.1) is 5.92 Å². The van der Waals surface area contributed by atoms with E-state index in [-0.39, 0.29) is 5.91 Å². The van der Waals surface area contributed by atoms with E-state index in [4.69, 9.17) is 0 Å². The molecule has 0 saturated carbocycles. The number of para-hydroxylation sites is 1. The number of pyridine rings is 2. The molecule has 0 aliphatic carbocycles. The first-order valence-electron chi connectivity index (χ1n) is 11.7. The Labute approximate surface area is 189 Å². The monoisotopic (exact) mass is 429 g/mol. The molecular formula is C26H31N5O. The zero-order chi connectivity index (χ0) is 21.9. The predicted octanol–water partition coefficient (Wildman–Crippen LogP) is 3.48. The molecule has 4 heterocycles. The summed E-state index contributed by atoms with van der Waals surface area (Å²) in [5.41, 5.74) is 3.19. The zero-order valence-electron chi connectivity index (χ0n) is 18.8. The van der Waals surface area contributed by atoms with Gasteiger partial charge < -0.3 is 14.7 Å². The van der Waals surface area contributed by atoms with Gasteiger partial charge >= 0.3 is 0 Å². The molecule has 0 radical (unpaired) electrons. The van der Waals surface area contributed by atoms with E-state index in [9.17, 15) is 4.79 Å². The Morgan fingerprint density at radius 1 is 0.938 bits per heavy atom. The van der Waals surface area contributed by atoms with Gasteiger partial charge in [0.1, 0.15) is 5.82 Å². The molecule has 0 atom stereocenters. The highest BCUT2D eigenvalue weighted by Crippen LogP contribution is 2.26. The molecule has 2 aliphatic rings. The van der Waals surface area contributed by atoms with Crippen LogP contribution >= 0.6 is 0 Å². The second-order valence-electron chi connectivity index (χ2n) is 9.12. The first kappa shape index (κ1) is 20.9. The SMILES string of the molecule is CN1CCN(c2cc(C(=O)N3CCC(Cc4cccc5cccnc45)CC3)ccn2)CC1. The second kappa shape index (κ2) is 9.25. The first-order chi connectivity index (χ1) is 15.7. The van der Waals surface area contributed by atoms with E-state index in [1.54, 1.807) is 6.20 Å². The number of fused-ring (bicyclic) bond motifs is 1. The zero-order valence-corrected chi connectivity index (χ0v) is 18.8. The van der Waals surface area contributed by atoms with Gasteiger partial charge in [-0.25, -0.2) is 4.98 Å². The first-order valence-corrected chi connectivity index (χ1v) is 11.7. The van der Waals surface area contributed by atoms with Crippen molar-refractivity contribution < 1.29 is 4.79 Å². The number of likely N-dealkylation sites (tertiary alicyclic amines) is 1. The van der Waals surface area contributed by atoms with Gasteiger partial charge in [-0.1, -0.05) is 24.3 Å². The molecule has 2 aliphatic heterocycles. The lowest BCUT2D eigenvalue weighted by Gasteiger charge is -2.34. The maximum atomic E-state index is 13.2. The van der Waals surface area contributed by atoms with Gasteiger partial charge in [-0.15, -0.1) is 0 Å². The lowest BCUT2D eigenvalue weighted by Crippen LogP contribution is -2.45. The van der Waals surface area contributed by atoms with Crippen LogP contribution in [0.2, 0.25) is 0 Å². The number of hydrogen-bond donors (Lipinski definition) is 0. The number of carbonyl (C=O) groups is 1. The number of aromatic nitrogens is 2. The van der Waals surface area contributed by atoms with E-state index < -0.39 is 0 Å². The van der Waals surface area contributed by atoms with Gasteiger partial charge in [0.2, 0.25) is 0 Å². The summed E-state index contributed by atoms with van der Waals surface area (Å²) in [6, 6.07) is 14.4. The highest BCUT2D eigenvalue weighted by atomic mass is 16.2. The number of carbonyl (C=O) groups excluding carboxylic acids is 1. The topological polar surface area (TPSA) is 52.6 Å². The number of piperidine rings is 1. The molecular weight excluding hydrogens is 398 g/mol. The Morgan fingerprint density at radius 3 is 2.53 bits per heavy atom. The highest BCUT2D eigenvalue weighted by molar-refractivity contribution is 5.95. The van der Waals surface area contributed by atoms with Crippen molar-refractivity contribution in [1.82, 2.24) is 19.8 Å². The fraction of sp³-hybridized carbons (Fsp3) is 0.423. The maximum absolute atomic E-state index is 13.2. The molecule has 6 nitrogen and oxygen atoms in total. The number of hydrogen-bond acceptors (Lipinski definition) is 5. The van der Waals surface area contributed by atoms with Gasteiger partial charge in [-0.3, -0.25) is 9.78 Å². The Hall–Kier alpha value is -2.99. The van der Waals surface area contributed by atoms with Crippen LogP contribution in [0.15, 0.2) is 54.9 Å². The number of nitrogens with zero attached hydrogens (tertiary/aromatic N) is 5. The summed E-state index contributed by atoms with van der Waals surface area (Å²) in [5, 5.41) is 1.20. The molecule has 3 aromatic rings. The molecule has 5 rings (SSSR count). The van der Waals surface area contributed by atoms with E-state index in [1.165, 1.54) is 10.9 Å². The van der Waals surface area contributed by atoms with Crippen molar-refractivity contribution in [2.45, 2.75) is 19.3 Å². The van der Waals surface area contributed by atoms with Crippen molar-refractivity contribution in [2.75, 3.05) is 51.2 Å². The van der Waals surface area contributed by atoms with E-state index in [2.05, 4.69) is 51.1 Å². The number of amides is 1. The summed E-state index contributed by atoms with van der Waals surface area (Å²) in [6.45, 7) is 5.59. The van der Waals surface area contributed by atoms with Gasteiger partial charge in [0.15, 0.2) is 0 Å². The largest absolute Gasteiger partial charge is 0.354 e. The molecule has 2 saturated heterocycles. The van der Waals surface area contributed by atoms with Crippen LogP contribution in [0.25, 0.3) is 10.9 Å². The average molecular weight is 430 g/mol. The fourth-order valence-electron chi connectivity index (χ4n) is 4.93. The van der Waals surface area contributed by atoms with Crippen LogP contribution in [-0.2, 0) is 6.42 Å². The van der Waals surface area contributed by atoms with E-state index in [0.717, 1.165) is 75.4 Å². The van der Waals surface area contributed by atoms with Gasteiger partial charge in [0.05, 0.1) is 5.52 Å². The lowest BCUT2D eigenvalue weighted by atomic mass is 9.89. The summed E-state index contributed by atoms with van der Waals surface area (Å²) < 4.78 is 0. The Kier molecular flexibility index (Phi) is 6.04. The van der Waals surface area contributed by atoms with E-state index in [1.807, 2.05) is 29.3 Å². The van der Waals surface area contributed by atoms with Crippen molar-refractivity contribution in [1.29, 1.82) is 0 Å². The number of anilines is 1. The molecule has 0 N–H and O–H groups in total. The van der Waals surface area contributed by atoms with Crippen molar-refractivity contribution in [2.24, 2.45) is 5.92 Å². The standard InChI is InChI=1S/C26H31N5O/c1-29-14-16-30(17-15-29)24-19-23(7-11-27-24)26(32)31-12-8-20(9-13-31)18-22-5-2-4-21-6-3-10-28-25(21)22/h2-7,10-11,19-20H,8-9,12-18H2,1H3. The van der Waals surface area contributed by atoms with Gasteiger partial charge in [-0.2, -0.15) is 0 Å². The Morgan fingerprint density at radius 2 is 1.72 bits per heavy atom. The number of piperazine rings is 1. The molecule has 0 unspecified atom stereocenters. The summed E-state index contributed by atoms with van der Waals surface area (Å²) in [5.74, 6) is 1.64. The molecule has 2 aromatic heterocycles. The van der Waals surface area contributed by atoms with E-state index >= 15 is 0 Å². The predicted molar refractivity (Wildman–Crippen MR) is 128 cm³/mol. The smallest absolute Gasteiger partial charge is 0.254 e. The van der Waals surface area contributed by atoms with Gasteiger partial charge in [0, 0.05) is 62.6 Å². The lowest BCUT2D eigenvalue weighted by molar-refractivity contribution is 0.0690. The van der Waals surface area contributed by atoms with E-state index in [0.29, 0.717) is 5.92 Å². The van der Waals surface area contributed by atoms with Crippen LogP contribution in [0.5, 0.6) is 0 Å². The average Bonchev–Trinajstić information content (AvgIpc) is 2.85. The van der Waals surface area contributed by atoms with Crippen LogP contribution in [0.3, 0.4) is 0 Å². The third-order valence-corrected chi connectivity index (χ3v) is 6.95. The molecule has 2 fully saturated rings. The van der Waals surface area contributed by atoms with Gasteiger partial charge in [0.25, 0.3) is 5.91 Å². The number of rotatable bonds is 4. The van der Waals surface area contributed by atoms with Crippen LogP contribution in [0.1, 0.15) is 28.8 Å². The van der Waals surface area contributed by atoms with Crippen molar-refractivity contribution in [3.8, 4) is 0 Å².